The van der Waals surface area contributed by atoms with Gasteiger partial charge in [-0.15, -0.1) is 0 Å². The van der Waals surface area contributed by atoms with Crippen LogP contribution >= 0.6 is 12.2 Å². The van der Waals surface area contributed by atoms with Crippen LogP contribution in [0.1, 0.15) is 5.56 Å². The Labute approximate surface area is 99.2 Å². The summed E-state index contributed by atoms with van der Waals surface area (Å²) in [5.41, 5.74) is 8.51. The number of hydrogen-bond donors (Lipinski definition) is 2. The Bertz CT molecular complexity index is 385. The lowest BCUT2D eigenvalue weighted by molar-refractivity contribution is 0.394. The van der Waals surface area contributed by atoms with Crippen LogP contribution in [0.25, 0.3) is 0 Å². The number of benzene rings is 1. The van der Waals surface area contributed by atoms with Crippen molar-refractivity contribution in [2.24, 2.45) is 10.8 Å². The minimum absolute atomic E-state index is 0.117. The largest absolute Gasteiger partial charge is 0.497 e. The highest BCUT2D eigenvalue weighted by molar-refractivity contribution is 7.80. The van der Waals surface area contributed by atoms with Crippen LogP contribution in [0.5, 0.6) is 11.5 Å². The van der Waals surface area contributed by atoms with Gasteiger partial charge >= 0.3 is 0 Å². The van der Waals surface area contributed by atoms with Gasteiger partial charge in [-0.05, 0) is 24.4 Å². The van der Waals surface area contributed by atoms with Gasteiger partial charge in [-0.2, -0.15) is 5.10 Å². The molecule has 16 heavy (non-hydrogen) atoms. The molecule has 1 aromatic carbocycles. The monoisotopic (exact) mass is 239 g/mol. The number of ether oxygens (including phenoxy) is 2. The quantitative estimate of drug-likeness (QED) is 0.463. The van der Waals surface area contributed by atoms with Crippen molar-refractivity contribution in [2.45, 2.75) is 0 Å². The fourth-order valence-electron chi connectivity index (χ4n) is 1.07. The molecule has 0 saturated heterocycles. The van der Waals surface area contributed by atoms with Crippen molar-refractivity contribution in [2.75, 3.05) is 14.2 Å². The Kier molecular flexibility index (Phi) is 4.53. The van der Waals surface area contributed by atoms with E-state index in [1.54, 1.807) is 26.5 Å². The Morgan fingerprint density at radius 3 is 2.31 bits per heavy atom. The minimum atomic E-state index is 0.117. The molecule has 0 aromatic heterocycles. The Morgan fingerprint density at radius 1 is 1.31 bits per heavy atom. The van der Waals surface area contributed by atoms with E-state index in [4.69, 9.17) is 15.2 Å². The zero-order valence-corrected chi connectivity index (χ0v) is 9.88. The SMILES string of the molecule is COc1cc(/C=N/NC(N)=S)cc(OC)c1. The molecule has 6 heteroatoms. The summed E-state index contributed by atoms with van der Waals surface area (Å²) in [7, 11) is 3.17. The highest BCUT2D eigenvalue weighted by atomic mass is 32.1. The first kappa shape index (κ1) is 12.3. The molecular weight excluding hydrogens is 226 g/mol. The van der Waals surface area contributed by atoms with Crippen LogP contribution in [-0.2, 0) is 0 Å². The molecule has 0 fully saturated rings. The van der Waals surface area contributed by atoms with Crippen LogP contribution in [0.2, 0.25) is 0 Å². The molecule has 1 aromatic rings. The van der Waals surface area contributed by atoms with Crippen LogP contribution in [0.3, 0.4) is 0 Å². The fourth-order valence-corrected chi connectivity index (χ4v) is 1.13. The lowest BCUT2D eigenvalue weighted by Crippen LogP contribution is -2.23. The molecule has 0 atom stereocenters. The fraction of sp³-hybridized carbons (Fsp3) is 0.200. The normalized spacial score (nSPS) is 10.1. The summed E-state index contributed by atoms with van der Waals surface area (Å²) in [6.07, 6.45) is 1.57. The summed E-state index contributed by atoms with van der Waals surface area (Å²) >= 11 is 4.61. The Morgan fingerprint density at radius 2 is 1.88 bits per heavy atom. The third-order valence-electron chi connectivity index (χ3n) is 1.76. The molecule has 0 bridgehead atoms. The van der Waals surface area contributed by atoms with Crippen molar-refractivity contribution >= 4 is 23.5 Å². The molecule has 0 spiro atoms. The van der Waals surface area contributed by atoms with Crippen LogP contribution in [0.4, 0.5) is 0 Å². The number of thiocarbonyl (C=S) groups is 1. The number of hydrogen-bond acceptors (Lipinski definition) is 4. The summed E-state index contributed by atoms with van der Waals surface area (Å²) in [6.45, 7) is 0. The first-order valence-corrected chi connectivity index (χ1v) is 4.88. The molecule has 5 nitrogen and oxygen atoms in total. The van der Waals surface area contributed by atoms with Gasteiger partial charge in [0.1, 0.15) is 11.5 Å². The molecule has 0 heterocycles. The lowest BCUT2D eigenvalue weighted by atomic mass is 10.2. The molecule has 3 N–H and O–H groups in total. The standard InChI is InChI=1S/C10H13N3O2S/c1-14-8-3-7(4-9(5-8)15-2)6-12-13-10(11)16/h3-6H,1-2H3,(H3,11,13,16)/b12-6+. The second kappa shape index (κ2) is 5.92. The van der Waals surface area contributed by atoms with Gasteiger partial charge in [-0.1, -0.05) is 0 Å². The van der Waals surface area contributed by atoms with E-state index in [1.165, 1.54) is 0 Å². The van der Waals surface area contributed by atoms with Crippen molar-refractivity contribution in [1.29, 1.82) is 0 Å². The molecule has 0 radical (unpaired) electrons. The zero-order chi connectivity index (χ0) is 12.0. The predicted octanol–water partition coefficient (Wildman–Crippen LogP) is 0.871. The summed E-state index contributed by atoms with van der Waals surface area (Å²) in [5.74, 6) is 1.38. The molecule has 0 unspecified atom stereocenters. The van der Waals surface area contributed by atoms with E-state index in [1.807, 2.05) is 12.1 Å². The van der Waals surface area contributed by atoms with Crippen LogP contribution in [0.15, 0.2) is 23.3 Å². The number of rotatable bonds is 4. The van der Waals surface area contributed by atoms with E-state index < -0.39 is 0 Å². The van der Waals surface area contributed by atoms with Gasteiger partial charge in [0.25, 0.3) is 0 Å². The van der Waals surface area contributed by atoms with Gasteiger partial charge in [-0.25, -0.2) is 0 Å². The molecule has 0 amide bonds. The maximum Gasteiger partial charge on any atom is 0.184 e. The topological polar surface area (TPSA) is 68.9 Å². The summed E-state index contributed by atoms with van der Waals surface area (Å²) < 4.78 is 10.2. The van der Waals surface area contributed by atoms with E-state index >= 15 is 0 Å². The zero-order valence-electron chi connectivity index (χ0n) is 9.06. The summed E-state index contributed by atoms with van der Waals surface area (Å²) in [4.78, 5) is 0. The van der Waals surface area contributed by atoms with Crippen molar-refractivity contribution in [1.82, 2.24) is 5.43 Å². The van der Waals surface area contributed by atoms with Gasteiger partial charge in [0.15, 0.2) is 5.11 Å². The molecule has 86 valence electrons. The second-order valence-electron chi connectivity index (χ2n) is 2.88. The molecule has 1 rings (SSSR count). The first-order chi connectivity index (χ1) is 7.65. The van der Waals surface area contributed by atoms with Crippen molar-refractivity contribution < 1.29 is 9.47 Å². The van der Waals surface area contributed by atoms with Gasteiger partial charge in [0.05, 0.1) is 20.4 Å². The number of methoxy groups -OCH3 is 2. The van der Waals surface area contributed by atoms with E-state index in [0.29, 0.717) is 11.5 Å². The minimum Gasteiger partial charge on any atom is -0.497 e. The van der Waals surface area contributed by atoms with Gasteiger partial charge < -0.3 is 15.2 Å². The predicted molar refractivity (Wildman–Crippen MR) is 67.1 cm³/mol. The molecule has 0 saturated carbocycles. The van der Waals surface area contributed by atoms with Crippen LogP contribution in [-0.4, -0.2) is 25.5 Å². The Balaban J connectivity index is 2.86. The highest BCUT2D eigenvalue weighted by Gasteiger charge is 1.99. The number of hydrazone groups is 1. The molecule has 0 aliphatic rings. The number of nitrogens with two attached hydrogens (primary N) is 1. The van der Waals surface area contributed by atoms with Crippen LogP contribution < -0.4 is 20.6 Å². The van der Waals surface area contributed by atoms with Crippen LogP contribution in [0, 0.1) is 0 Å². The first-order valence-electron chi connectivity index (χ1n) is 4.47. The second-order valence-corrected chi connectivity index (χ2v) is 3.32. The molecule has 0 aliphatic carbocycles. The molecule has 0 aliphatic heterocycles. The highest BCUT2D eigenvalue weighted by Crippen LogP contribution is 2.21. The van der Waals surface area contributed by atoms with Crippen molar-refractivity contribution in [3.8, 4) is 11.5 Å². The maximum atomic E-state index is 5.23. The summed E-state index contributed by atoms with van der Waals surface area (Å²) in [6, 6.07) is 5.40. The van der Waals surface area contributed by atoms with Crippen molar-refractivity contribution in [3.63, 3.8) is 0 Å². The third kappa shape index (κ3) is 3.74. The average molecular weight is 239 g/mol. The Hall–Kier alpha value is -1.82. The summed E-state index contributed by atoms with van der Waals surface area (Å²) in [5, 5.41) is 3.96. The van der Waals surface area contributed by atoms with Crippen molar-refractivity contribution in [3.05, 3.63) is 23.8 Å². The van der Waals surface area contributed by atoms with Gasteiger partial charge in [0, 0.05) is 11.6 Å². The number of nitrogens with one attached hydrogen (secondary N) is 1. The van der Waals surface area contributed by atoms with E-state index in [2.05, 4.69) is 22.7 Å². The van der Waals surface area contributed by atoms with E-state index in [-0.39, 0.29) is 5.11 Å². The maximum absolute atomic E-state index is 5.23. The van der Waals surface area contributed by atoms with E-state index in [9.17, 15) is 0 Å². The molecular formula is C10H13N3O2S. The van der Waals surface area contributed by atoms with Gasteiger partial charge in [-0.3, -0.25) is 5.43 Å². The van der Waals surface area contributed by atoms with Gasteiger partial charge in [0.2, 0.25) is 0 Å². The lowest BCUT2D eigenvalue weighted by Gasteiger charge is -2.05. The number of nitrogens with zero attached hydrogens (tertiary/aromatic N) is 1. The smallest absolute Gasteiger partial charge is 0.184 e. The van der Waals surface area contributed by atoms with E-state index in [0.717, 1.165) is 5.56 Å². The average Bonchev–Trinajstić information content (AvgIpc) is 2.28. The third-order valence-corrected chi connectivity index (χ3v) is 1.85.